The predicted octanol–water partition coefficient (Wildman–Crippen LogP) is 0.195. The third-order valence-electron chi connectivity index (χ3n) is 4.83. The SMILES string of the molecule is O=C(NCc1ccc2c(c1)OCO2)C(=O)NC[C@@H]1OCCN1S(=O)(=O)c1ccccc1. The first-order valence-corrected chi connectivity index (χ1v) is 11.0. The Morgan fingerprint density at radius 1 is 1.00 bits per heavy atom. The molecule has 1 atom stereocenters. The van der Waals surface area contributed by atoms with Crippen molar-refractivity contribution in [3.63, 3.8) is 0 Å². The van der Waals surface area contributed by atoms with E-state index in [2.05, 4.69) is 10.6 Å². The average Bonchev–Trinajstić information content (AvgIpc) is 3.45. The highest BCUT2D eigenvalue weighted by molar-refractivity contribution is 7.89. The van der Waals surface area contributed by atoms with Gasteiger partial charge in [-0.2, -0.15) is 4.31 Å². The number of ether oxygens (including phenoxy) is 3. The molecule has 2 aliphatic rings. The molecule has 11 heteroatoms. The van der Waals surface area contributed by atoms with Gasteiger partial charge < -0.3 is 24.8 Å². The van der Waals surface area contributed by atoms with Crippen molar-refractivity contribution < 1.29 is 32.2 Å². The normalized spacial score (nSPS) is 18.0. The topological polar surface area (TPSA) is 123 Å². The maximum absolute atomic E-state index is 12.8. The lowest BCUT2D eigenvalue weighted by Gasteiger charge is -2.22. The molecule has 0 bridgehead atoms. The molecular formula is C20H21N3O7S. The molecular weight excluding hydrogens is 426 g/mol. The van der Waals surface area contributed by atoms with Gasteiger partial charge in [0.1, 0.15) is 6.23 Å². The van der Waals surface area contributed by atoms with Crippen LogP contribution < -0.4 is 20.1 Å². The standard InChI is InChI=1S/C20H21N3O7S/c24-19(21-11-14-6-7-16-17(10-14)30-13-29-16)20(25)22-12-18-23(8-9-28-18)31(26,27)15-4-2-1-3-5-15/h1-7,10,18H,8-9,11-13H2,(H,21,24)(H,22,25)/t18-/m0/s1. The van der Waals surface area contributed by atoms with Crippen molar-refractivity contribution in [1.82, 2.24) is 14.9 Å². The first kappa shape index (κ1) is 21.1. The van der Waals surface area contributed by atoms with E-state index in [1.54, 1.807) is 36.4 Å². The van der Waals surface area contributed by atoms with Gasteiger partial charge in [-0.1, -0.05) is 24.3 Å². The number of hydrogen-bond donors (Lipinski definition) is 2. The number of amides is 2. The number of fused-ring (bicyclic) bond motifs is 1. The highest BCUT2D eigenvalue weighted by Gasteiger charge is 2.36. The Balaban J connectivity index is 1.30. The van der Waals surface area contributed by atoms with Crippen LogP contribution in [0.2, 0.25) is 0 Å². The van der Waals surface area contributed by atoms with Crippen molar-refractivity contribution in [3.8, 4) is 11.5 Å². The number of benzene rings is 2. The van der Waals surface area contributed by atoms with Gasteiger partial charge in [-0.25, -0.2) is 8.42 Å². The van der Waals surface area contributed by atoms with E-state index in [4.69, 9.17) is 14.2 Å². The predicted molar refractivity (Wildman–Crippen MR) is 107 cm³/mol. The molecule has 0 radical (unpaired) electrons. The summed E-state index contributed by atoms with van der Waals surface area (Å²) in [6.07, 6.45) is -0.893. The van der Waals surface area contributed by atoms with Crippen LogP contribution in [0.1, 0.15) is 5.56 Å². The molecule has 31 heavy (non-hydrogen) atoms. The summed E-state index contributed by atoms with van der Waals surface area (Å²) in [5.41, 5.74) is 0.740. The minimum atomic E-state index is -3.77. The first-order valence-electron chi connectivity index (χ1n) is 9.58. The van der Waals surface area contributed by atoms with Crippen LogP contribution in [0, 0.1) is 0 Å². The van der Waals surface area contributed by atoms with Crippen molar-refractivity contribution >= 4 is 21.8 Å². The number of rotatable bonds is 6. The van der Waals surface area contributed by atoms with E-state index >= 15 is 0 Å². The smallest absolute Gasteiger partial charge is 0.309 e. The summed E-state index contributed by atoms with van der Waals surface area (Å²) in [7, 11) is -3.77. The molecule has 0 saturated carbocycles. The Labute approximate surface area is 179 Å². The summed E-state index contributed by atoms with van der Waals surface area (Å²) in [6, 6.07) is 13.2. The second kappa shape index (κ2) is 8.92. The summed E-state index contributed by atoms with van der Waals surface area (Å²) < 4.78 is 42.7. The van der Waals surface area contributed by atoms with E-state index in [0.29, 0.717) is 11.5 Å². The van der Waals surface area contributed by atoms with Crippen molar-refractivity contribution in [3.05, 3.63) is 54.1 Å². The molecule has 1 fully saturated rings. The van der Waals surface area contributed by atoms with Gasteiger partial charge in [0.25, 0.3) is 0 Å². The van der Waals surface area contributed by atoms with Gasteiger partial charge in [0, 0.05) is 13.1 Å². The Bertz CT molecular complexity index is 1080. The average molecular weight is 447 g/mol. The van der Waals surface area contributed by atoms with Gasteiger partial charge >= 0.3 is 11.8 Å². The fraction of sp³-hybridized carbons (Fsp3) is 0.300. The third kappa shape index (κ3) is 4.63. The number of nitrogens with zero attached hydrogens (tertiary/aromatic N) is 1. The van der Waals surface area contributed by atoms with E-state index < -0.39 is 28.1 Å². The number of sulfonamides is 1. The molecule has 0 aromatic heterocycles. The quantitative estimate of drug-likeness (QED) is 0.606. The first-order chi connectivity index (χ1) is 14.9. The van der Waals surface area contributed by atoms with Crippen LogP contribution in [0.3, 0.4) is 0 Å². The minimum absolute atomic E-state index is 0.122. The number of carbonyl (C=O) groups excluding carboxylic acids is 2. The third-order valence-corrected chi connectivity index (χ3v) is 6.73. The maximum Gasteiger partial charge on any atom is 0.309 e. The van der Waals surface area contributed by atoms with E-state index in [-0.39, 0.29) is 37.9 Å². The molecule has 164 valence electrons. The summed E-state index contributed by atoms with van der Waals surface area (Å²) >= 11 is 0. The Hall–Kier alpha value is -3.15. The summed E-state index contributed by atoms with van der Waals surface area (Å²) in [6.45, 7) is 0.477. The zero-order chi connectivity index (χ0) is 21.8. The molecule has 2 heterocycles. The maximum atomic E-state index is 12.8. The molecule has 0 aliphatic carbocycles. The van der Waals surface area contributed by atoms with E-state index in [9.17, 15) is 18.0 Å². The fourth-order valence-corrected chi connectivity index (χ4v) is 4.77. The van der Waals surface area contributed by atoms with Crippen LogP contribution in [-0.4, -0.2) is 57.3 Å². The van der Waals surface area contributed by atoms with Gasteiger partial charge in [-0.05, 0) is 29.8 Å². The molecule has 2 aliphatic heterocycles. The summed E-state index contributed by atoms with van der Waals surface area (Å²) in [4.78, 5) is 24.4. The molecule has 0 unspecified atom stereocenters. The Morgan fingerprint density at radius 3 is 2.55 bits per heavy atom. The fourth-order valence-electron chi connectivity index (χ4n) is 3.24. The second-order valence-corrected chi connectivity index (χ2v) is 8.73. The molecule has 1 saturated heterocycles. The van der Waals surface area contributed by atoms with Gasteiger partial charge in [0.2, 0.25) is 16.8 Å². The van der Waals surface area contributed by atoms with Crippen molar-refractivity contribution in [2.75, 3.05) is 26.5 Å². The van der Waals surface area contributed by atoms with E-state index in [1.807, 2.05) is 0 Å². The van der Waals surface area contributed by atoms with Gasteiger partial charge in [-0.15, -0.1) is 0 Å². The Morgan fingerprint density at radius 2 is 1.74 bits per heavy atom. The van der Waals surface area contributed by atoms with Crippen LogP contribution >= 0.6 is 0 Å². The number of carbonyl (C=O) groups is 2. The van der Waals surface area contributed by atoms with Crippen molar-refractivity contribution in [1.29, 1.82) is 0 Å². The lowest BCUT2D eigenvalue weighted by molar-refractivity contribution is -0.139. The van der Waals surface area contributed by atoms with E-state index in [0.717, 1.165) is 5.56 Å². The van der Waals surface area contributed by atoms with Gasteiger partial charge in [-0.3, -0.25) is 9.59 Å². The largest absolute Gasteiger partial charge is 0.454 e. The zero-order valence-electron chi connectivity index (χ0n) is 16.4. The Kier molecular flexibility index (Phi) is 6.07. The van der Waals surface area contributed by atoms with Crippen LogP contribution in [0.15, 0.2) is 53.4 Å². The highest BCUT2D eigenvalue weighted by Crippen LogP contribution is 2.32. The minimum Gasteiger partial charge on any atom is -0.454 e. The lowest BCUT2D eigenvalue weighted by Crippen LogP contribution is -2.47. The lowest BCUT2D eigenvalue weighted by atomic mass is 10.2. The van der Waals surface area contributed by atoms with Crippen molar-refractivity contribution in [2.24, 2.45) is 0 Å². The van der Waals surface area contributed by atoms with Crippen LogP contribution in [0.5, 0.6) is 11.5 Å². The van der Waals surface area contributed by atoms with Crippen LogP contribution in [0.25, 0.3) is 0 Å². The molecule has 10 nitrogen and oxygen atoms in total. The molecule has 2 amide bonds. The summed E-state index contributed by atoms with van der Waals surface area (Å²) in [5.74, 6) is -0.518. The highest BCUT2D eigenvalue weighted by atomic mass is 32.2. The molecule has 4 rings (SSSR count). The monoisotopic (exact) mass is 447 g/mol. The molecule has 0 spiro atoms. The number of hydrogen-bond acceptors (Lipinski definition) is 7. The summed E-state index contributed by atoms with van der Waals surface area (Å²) in [5, 5.41) is 4.94. The van der Waals surface area contributed by atoms with Crippen LogP contribution in [-0.2, 0) is 30.9 Å². The van der Waals surface area contributed by atoms with E-state index in [1.165, 1.54) is 16.4 Å². The van der Waals surface area contributed by atoms with Gasteiger partial charge in [0.15, 0.2) is 11.5 Å². The van der Waals surface area contributed by atoms with Gasteiger partial charge in [0.05, 0.1) is 18.0 Å². The van der Waals surface area contributed by atoms with Crippen molar-refractivity contribution in [2.45, 2.75) is 17.7 Å². The molecule has 2 aromatic carbocycles. The molecule has 2 N–H and O–H groups in total. The van der Waals surface area contributed by atoms with Crippen LogP contribution in [0.4, 0.5) is 0 Å². The zero-order valence-corrected chi connectivity index (χ0v) is 17.3. The molecule has 2 aromatic rings. The second-order valence-electron chi connectivity index (χ2n) is 6.83. The number of nitrogens with one attached hydrogen (secondary N) is 2.